The molecular weight excluding hydrogens is 474 g/mol. The number of hydrogen-bond acceptors (Lipinski definition) is 8. The summed E-state index contributed by atoms with van der Waals surface area (Å²) in [6.45, 7) is 10.8. The van der Waals surface area contributed by atoms with Crippen LogP contribution in [0.2, 0.25) is 5.02 Å². The minimum absolute atomic E-state index is 0.268. The van der Waals surface area contributed by atoms with Crippen LogP contribution in [0.4, 0.5) is 11.6 Å². The van der Waals surface area contributed by atoms with E-state index < -0.39 is 0 Å². The lowest BCUT2D eigenvalue weighted by molar-refractivity contribution is 0.229. The second kappa shape index (κ2) is 10.6. The van der Waals surface area contributed by atoms with E-state index >= 15 is 0 Å². The molecule has 1 saturated heterocycles. The molecule has 0 amide bonds. The number of aromatic nitrogens is 2. The number of anilines is 2. The van der Waals surface area contributed by atoms with Gasteiger partial charge in [0.25, 0.3) is 0 Å². The van der Waals surface area contributed by atoms with Crippen molar-refractivity contribution < 1.29 is 4.74 Å². The van der Waals surface area contributed by atoms with Crippen LogP contribution in [0.3, 0.4) is 0 Å². The number of halogens is 1. The summed E-state index contributed by atoms with van der Waals surface area (Å²) in [7, 11) is 4.23. The topological polar surface area (TPSA) is 69.1 Å². The number of likely N-dealkylation sites (N-methyl/N-ethyl adjacent to an activating group) is 1. The number of nitrogens with one attached hydrogen (secondary N) is 1. The number of benzene rings is 1. The maximum Gasteiger partial charge on any atom is 0.325 e. The molecule has 190 valence electrons. The lowest BCUT2D eigenvalue weighted by atomic mass is 10.1. The lowest BCUT2D eigenvalue weighted by Gasteiger charge is -2.36. The third-order valence-electron chi connectivity index (χ3n) is 6.69. The van der Waals surface area contributed by atoms with E-state index in [2.05, 4.69) is 70.1 Å². The Labute approximate surface area is 218 Å². The highest BCUT2D eigenvalue weighted by molar-refractivity contribution is 6.33. The van der Waals surface area contributed by atoms with Crippen LogP contribution in [-0.4, -0.2) is 85.5 Å². The number of rotatable bonds is 7. The third-order valence-corrected chi connectivity index (χ3v) is 7.08. The fourth-order valence-electron chi connectivity index (χ4n) is 4.67. The van der Waals surface area contributed by atoms with Crippen molar-refractivity contribution in [3.63, 3.8) is 0 Å². The smallest absolute Gasteiger partial charge is 0.325 e. The van der Waals surface area contributed by atoms with E-state index in [0.29, 0.717) is 23.1 Å². The van der Waals surface area contributed by atoms with E-state index in [1.54, 1.807) is 0 Å². The van der Waals surface area contributed by atoms with Crippen LogP contribution in [0.5, 0.6) is 11.8 Å². The van der Waals surface area contributed by atoms with E-state index in [-0.39, 0.29) is 6.01 Å². The average Bonchev–Trinajstić information content (AvgIpc) is 3.44. The molecule has 0 saturated carbocycles. The second-order valence-electron chi connectivity index (χ2n) is 10.1. The number of nitrogens with zero attached hydrogens (tertiary/aromatic N) is 6. The maximum absolute atomic E-state index is 6.73. The number of aliphatic imine (C=N–C) groups is 1. The normalized spacial score (nSPS) is 17.7. The van der Waals surface area contributed by atoms with Crippen molar-refractivity contribution in [1.29, 1.82) is 0 Å². The monoisotopic (exact) mass is 507 g/mol. The molecule has 9 heteroatoms. The summed E-state index contributed by atoms with van der Waals surface area (Å²) in [6.07, 6.45) is 5.08. The molecule has 2 aliphatic heterocycles. The Morgan fingerprint density at radius 1 is 1.06 bits per heavy atom. The predicted octanol–water partition coefficient (Wildman–Crippen LogP) is 4.34. The van der Waals surface area contributed by atoms with Crippen LogP contribution in [0, 0.1) is 0 Å². The largest absolute Gasteiger partial charge is 0.423 e. The summed E-state index contributed by atoms with van der Waals surface area (Å²) in [5.74, 6) is 2.85. The van der Waals surface area contributed by atoms with Crippen molar-refractivity contribution in [2.24, 2.45) is 4.99 Å². The van der Waals surface area contributed by atoms with Gasteiger partial charge in [0, 0.05) is 50.9 Å². The van der Waals surface area contributed by atoms with E-state index in [1.807, 2.05) is 18.2 Å². The minimum Gasteiger partial charge on any atom is -0.423 e. The Hall–Kier alpha value is -2.94. The molecule has 0 atom stereocenters. The number of fused-ring (bicyclic) bond motifs is 1. The van der Waals surface area contributed by atoms with Gasteiger partial charge in [-0.1, -0.05) is 29.3 Å². The zero-order valence-electron chi connectivity index (χ0n) is 21.5. The molecule has 1 aromatic heterocycles. The zero-order valence-corrected chi connectivity index (χ0v) is 22.3. The summed E-state index contributed by atoms with van der Waals surface area (Å²) in [4.78, 5) is 21.0. The molecule has 8 nitrogen and oxygen atoms in total. The highest BCUT2D eigenvalue weighted by Gasteiger charge is 2.22. The van der Waals surface area contributed by atoms with Crippen molar-refractivity contribution in [3.05, 3.63) is 51.6 Å². The molecule has 0 bridgehead atoms. The first-order chi connectivity index (χ1) is 17.3. The standard InChI is InChI=1S/C27H34ClN7O/c1-18-13-20-5-6-22(26(28)21(20)14-18)36-27-31-24(30-23-15-19(2)17-29-23)16-25(32-27)35-11-9-34(10-12-35)8-7-33(3)4/h5-6,14-16H,7-13,17H2,1-4H3,(H,29,30,31,32). The summed E-state index contributed by atoms with van der Waals surface area (Å²) in [6, 6.07) is 6.22. The molecule has 5 rings (SSSR count). The SMILES string of the molecule is CC1=CC(Nc2cc(N3CCN(CCN(C)C)CC3)nc(Oc3ccc4c(c3Cl)C=C(C)C4)n2)=NC1. The van der Waals surface area contributed by atoms with Gasteiger partial charge in [-0.25, -0.2) is 0 Å². The van der Waals surface area contributed by atoms with Gasteiger partial charge < -0.3 is 19.9 Å². The molecule has 1 N–H and O–H groups in total. The van der Waals surface area contributed by atoms with Crippen LogP contribution in [0.15, 0.2) is 40.4 Å². The van der Waals surface area contributed by atoms with Gasteiger partial charge in [0.1, 0.15) is 23.2 Å². The molecule has 36 heavy (non-hydrogen) atoms. The predicted molar refractivity (Wildman–Crippen MR) is 148 cm³/mol. The van der Waals surface area contributed by atoms with Crippen molar-refractivity contribution in [3.8, 4) is 11.8 Å². The fraction of sp³-hybridized carbons (Fsp3) is 0.444. The Balaban J connectivity index is 1.38. The van der Waals surface area contributed by atoms with Crippen LogP contribution in [-0.2, 0) is 6.42 Å². The molecular formula is C27H34ClN7O. The van der Waals surface area contributed by atoms with Gasteiger partial charge in [-0.05, 0) is 57.6 Å². The lowest BCUT2D eigenvalue weighted by Crippen LogP contribution is -2.48. The van der Waals surface area contributed by atoms with E-state index in [9.17, 15) is 0 Å². The maximum atomic E-state index is 6.73. The number of amidine groups is 1. The Morgan fingerprint density at radius 3 is 2.58 bits per heavy atom. The van der Waals surface area contributed by atoms with Gasteiger partial charge in [-0.3, -0.25) is 9.89 Å². The zero-order chi connectivity index (χ0) is 25.2. The number of hydrogen-bond donors (Lipinski definition) is 1. The highest BCUT2D eigenvalue weighted by atomic mass is 35.5. The molecule has 0 spiro atoms. The number of piperazine rings is 1. The second-order valence-corrected chi connectivity index (χ2v) is 10.4. The molecule has 0 unspecified atom stereocenters. The fourth-order valence-corrected chi connectivity index (χ4v) is 4.94. The molecule has 1 aliphatic carbocycles. The summed E-state index contributed by atoms with van der Waals surface area (Å²) in [5.41, 5.74) is 4.75. The summed E-state index contributed by atoms with van der Waals surface area (Å²) < 4.78 is 6.19. The van der Waals surface area contributed by atoms with Crippen LogP contribution >= 0.6 is 11.6 Å². The Morgan fingerprint density at radius 2 is 1.86 bits per heavy atom. The first kappa shape index (κ1) is 24.7. The van der Waals surface area contributed by atoms with E-state index in [1.165, 1.54) is 16.7 Å². The number of allylic oxidation sites excluding steroid dienone is 1. The van der Waals surface area contributed by atoms with Crippen molar-refractivity contribution in [2.75, 3.05) is 70.1 Å². The van der Waals surface area contributed by atoms with Gasteiger partial charge in [-0.2, -0.15) is 9.97 Å². The first-order valence-electron chi connectivity index (χ1n) is 12.5. The quantitative estimate of drug-likeness (QED) is 0.598. The van der Waals surface area contributed by atoms with Crippen molar-refractivity contribution in [1.82, 2.24) is 19.8 Å². The molecule has 1 aromatic carbocycles. The Kier molecular flexibility index (Phi) is 7.27. The summed E-state index contributed by atoms with van der Waals surface area (Å²) >= 11 is 6.73. The molecule has 1 fully saturated rings. The molecule has 3 heterocycles. The van der Waals surface area contributed by atoms with Gasteiger partial charge in [0.15, 0.2) is 0 Å². The first-order valence-corrected chi connectivity index (χ1v) is 12.9. The van der Waals surface area contributed by atoms with Crippen LogP contribution in [0.1, 0.15) is 25.0 Å². The third kappa shape index (κ3) is 5.72. The average molecular weight is 508 g/mol. The Bertz CT molecular complexity index is 1230. The minimum atomic E-state index is 0.268. The van der Waals surface area contributed by atoms with Gasteiger partial charge in [0.05, 0.1) is 11.6 Å². The van der Waals surface area contributed by atoms with Crippen molar-refractivity contribution in [2.45, 2.75) is 20.3 Å². The molecule has 2 aromatic rings. The number of ether oxygens (including phenoxy) is 1. The van der Waals surface area contributed by atoms with E-state index in [4.69, 9.17) is 21.3 Å². The van der Waals surface area contributed by atoms with E-state index in [0.717, 1.165) is 62.9 Å². The van der Waals surface area contributed by atoms with Crippen molar-refractivity contribution >= 4 is 35.1 Å². The van der Waals surface area contributed by atoms with Gasteiger partial charge >= 0.3 is 6.01 Å². The van der Waals surface area contributed by atoms with Crippen LogP contribution in [0.25, 0.3) is 6.08 Å². The van der Waals surface area contributed by atoms with Gasteiger partial charge in [-0.15, -0.1) is 0 Å². The van der Waals surface area contributed by atoms with Crippen LogP contribution < -0.4 is 15.0 Å². The molecule has 3 aliphatic rings. The molecule has 0 radical (unpaired) electrons. The summed E-state index contributed by atoms with van der Waals surface area (Å²) in [5, 5.41) is 3.94. The highest BCUT2D eigenvalue weighted by Crippen LogP contribution is 2.38. The van der Waals surface area contributed by atoms with Gasteiger partial charge in [0.2, 0.25) is 0 Å².